The highest BCUT2D eigenvalue weighted by molar-refractivity contribution is 6.07. The summed E-state index contributed by atoms with van der Waals surface area (Å²) in [7, 11) is 0. The molecular weight excluding hydrogens is 596 g/mol. The molecule has 0 spiro atoms. The molecule has 0 unspecified atom stereocenters. The molecule has 2 aromatic carbocycles. The van der Waals surface area contributed by atoms with Crippen LogP contribution in [0, 0.1) is 0 Å². The minimum Gasteiger partial charge on any atom is -0.478 e. The molecular formula is C20H6F12O8. The highest BCUT2D eigenvalue weighted by Gasteiger charge is 2.53. The normalized spacial score (nSPS) is 12.8. The highest BCUT2D eigenvalue weighted by Crippen LogP contribution is 2.53. The van der Waals surface area contributed by atoms with Crippen LogP contribution < -0.4 is 0 Å². The summed E-state index contributed by atoms with van der Waals surface area (Å²) in [6.07, 6.45) is -26.3. The molecule has 0 aliphatic rings. The molecule has 4 N–H and O–H groups in total. The van der Waals surface area contributed by atoms with Gasteiger partial charge in [-0.15, -0.1) is 0 Å². The first-order chi connectivity index (χ1) is 17.7. The maximum atomic E-state index is 14.0. The number of carboxylic acids is 4. The van der Waals surface area contributed by atoms with Gasteiger partial charge in [-0.25, -0.2) is 19.2 Å². The summed E-state index contributed by atoms with van der Waals surface area (Å²) < 4.78 is 167. The zero-order valence-electron chi connectivity index (χ0n) is 18.1. The van der Waals surface area contributed by atoms with Crippen molar-refractivity contribution in [1.82, 2.24) is 0 Å². The Kier molecular flexibility index (Phi) is 7.60. The fraction of sp³-hybridized carbons (Fsp3) is 0.200. The van der Waals surface area contributed by atoms with Crippen molar-refractivity contribution >= 4 is 23.9 Å². The van der Waals surface area contributed by atoms with Gasteiger partial charge in [0.25, 0.3) is 0 Å². The Bertz CT molecular complexity index is 1340. The summed E-state index contributed by atoms with van der Waals surface area (Å²) in [5.74, 6) is -11.6. The quantitative estimate of drug-likeness (QED) is 0.295. The third kappa shape index (κ3) is 5.59. The molecule has 0 aliphatic carbocycles. The van der Waals surface area contributed by atoms with Crippen molar-refractivity contribution in [3.63, 3.8) is 0 Å². The Morgan fingerprint density at radius 3 is 0.800 bits per heavy atom. The van der Waals surface area contributed by atoms with E-state index < -0.39 is 116 Å². The minimum atomic E-state index is -6.59. The lowest BCUT2D eigenvalue weighted by molar-refractivity contribution is -0.163. The van der Waals surface area contributed by atoms with Gasteiger partial charge in [0, 0.05) is 0 Å². The molecule has 0 saturated carbocycles. The van der Waals surface area contributed by atoms with E-state index in [1.165, 1.54) is 0 Å². The summed E-state index contributed by atoms with van der Waals surface area (Å²) in [6.45, 7) is 0. The Balaban J connectivity index is 3.63. The molecule has 0 saturated heterocycles. The Labute approximate surface area is 209 Å². The van der Waals surface area contributed by atoms with Crippen molar-refractivity contribution in [1.29, 1.82) is 0 Å². The third-order valence-electron chi connectivity index (χ3n) is 4.97. The van der Waals surface area contributed by atoms with Gasteiger partial charge in [-0.3, -0.25) is 0 Å². The van der Waals surface area contributed by atoms with Gasteiger partial charge >= 0.3 is 48.6 Å². The number of carbonyl (C=O) groups is 4. The Morgan fingerprint density at radius 1 is 0.425 bits per heavy atom. The second-order valence-corrected chi connectivity index (χ2v) is 7.41. The molecule has 2 aromatic rings. The number of carboxylic acid groups (broad SMARTS) is 4. The van der Waals surface area contributed by atoms with E-state index in [-0.39, 0.29) is 0 Å². The van der Waals surface area contributed by atoms with Crippen LogP contribution in [0.15, 0.2) is 12.1 Å². The summed E-state index contributed by atoms with van der Waals surface area (Å²) in [5.41, 5.74) is -29.0. The van der Waals surface area contributed by atoms with Crippen molar-refractivity contribution in [3.05, 3.63) is 56.6 Å². The van der Waals surface area contributed by atoms with Crippen LogP contribution in [0.2, 0.25) is 0 Å². The Hall–Kier alpha value is -4.52. The average molecular weight is 602 g/mol. The average Bonchev–Trinajstić information content (AvgIpc) is 2.73. The molecule has 0 aliphatic heterocycles. The number of alkyl halides is 12. The molecule has 0 radical (unpaired) electrons. The monoisotopic (exact) mass is 602 g/mol. The molecule has 20 heteroatoms. The number of aromatic carboxylic acids is 4. The fourth-order valence-electron chi connectivity index (χ4n) is 3.73. The van der Waals surface area contributed by atoms with Crippen molar-refractivity contribution in [2.75, 3.05) is 0 Å². The SMILES string of the molecule is O=C(O)c1cc(-c2cc(C(=O)O)c(C(=O)O)c(C(F)(F)F)c2C(F)(F)F)c(C(F)(F)F)c(C(F)(F)F)c1C(=O)O. The summed E-state index contributed by atoms with van der Waals surface area (Å²) in [6, 6.07) is -1.55. The van der Waals surface area contributed by atoms with E-state index in [0.717, 1.165) is 0 Å². The first kappa shape index (κ1) is 31.7. The van der Waals surface area contributed by atoms with E-state index in [2.05, 4.69) is 0 Å². The maximum Gasteiger partial charge on any atom is 0.417 e. The van der Waals surface area contributed by atoms with Gasteiger partial charge in [0.1, 0.15) is 0 Å². The van der Waals surface area contributed by atoms with Crippen LogP contribution in [0.25, 0.3) is 11.1 Å². The Morgan fingerprint density at radius 2 is 0.650 bits per heavy atom. The number of rotatable bonds is 5. The minimum absolute atomic E-state index is 0.777. The second-order valence-electron chi connectivity index (χ2n) is 7.41. The van der Waals surface area contributed by atoms with Crippen molar-refractivity contribution in [3.8, 4) is 11.1 Å². The van der Waals surface area contributed by atoms with Gasteiger partial charge in [-0.1, -0.05) is 0 Å². The van der Waals surface area contributed by atoms with Crippen molar-refractivity contribution in [2.24, 2.45) is 0 Å². The lowest BCUT2D eigenvalue weighted by atomic mass is 9.82. The van der Waals surface area contributed by atoms with E-state index in [4.69, 9.17) is 20.4 Å². The number of benzene rings is 2. The van der Waals surface area contributed by atoms with Gasteiger partial charge in [0.2, 0.25) is 0 Å². The molecule has 2 rings (SSSR count). The van der Waals surface area contributed by atoms with Crippen LogP contribution >= 0.6 is 0 Å². The van der Waals surface area contributed by atoms with Crippen molar-refractivity contribution < 1.29 is 92.3 Å². The van der Waals surface area contributed by atoms with Crippen LogP contribution in [-0.2, 0) is 24.7 Å². The molecule has 0 fully saturated rings. The molecule has 40 heavy (non-hydrogen) atoms. The molecule has 0 heterocycles. The van der Waals surface area contributed by atoms with Crippen molar-refractivity contribution in [2.45, 2.75) is 24.7 Å². The maximum absolute atomic E-state index is 14.0. The van der Waals surface area contributed by atoms with Crippen LogP contribution in [0.1, 0.15) is 63.7 Å². The van der Waals surface area contributed by atoms with Gasteiger partial charge in [-0.05, 0) is 23.3 Å². The standard InChI is InChI=1S/C20H6F12O8/c21-17(22,23)9-3(1-5(13(33)34)7(15(37)38)11(9)19(27,28)29)4-2-6(14(35)36)8(16(39)40)12(20(30,31)32)10(4)18(24,25)26/h1-2H,(H,33,34)(H,35,36)(H,37,38)(H,39,40). The number of halogens is 12. The first-order valence-corrected chi connectivity index (χ1v) is 9.38. The second kappa shape index (κ2) is 9.59. The van der Waals surface area contributed by atoms with Gasteiger partial charge in [-0.2, -0.15) is 52.7 Å². The number of hydrogen-bond donors (Lipinski definition) is 4. The van der Waals surface area contributed by atoms with Crippen LogP contribution in [-0.4, -0.2) is 44.3 Å². The van der Waals surface area contributed by atoms with E-state index in [0.29, 0.717) is 0 Å². The topological polar surface area (TPSA) is 149 Å². The molecule has 0 aromatic heterocycles. The molecule has 218 valence electrons. The smallest absolute Gasteiger partial charge is 0.417 e. The van der Waals surface area contributed by atoms with E-state index in [9.17, 15) is 71.9 Å². The van der Waals surface area contributed by atoms with Crippen LogP contribution in [0.4, 0.5) is 52.7 Å². The fourth-order valence-corrected chi connectivity index (χ4v) is 3.73. The number of hydrogen-bond acceptors (Lipinski definition) is 4. The van der Waals surface area contributed by atoms with Crippen LogP contribution in [0.5, 0.6) is 0 Å². The van der Waals surface area contributed by atoms with Gasteiger partial charge in [0.15, 0.2) is 0 Å². The third-order valence-corrected chi connectivity index (χ3v) is 4.97. The van der Waals surface area contributed by atoms with Crippen LogP contribution in [0.3, 0.4) is 0 Å². The molecule has 8 nitrogen and oxygen atoms in total. The molecule has 0 bridgehead atoms. The molecule has 0 amide bonds. The van der Waals surface area contributed by atoms with Gasteiger partial charge in [0.05, 0.1) is 44.5 Å². The highest BCUT2D eigenvalue weighted by atomic mass is 19.4. The predicted octanol–water partition coefficient (Wildman–Crippen LogP) is 6.22. The first-order valence-electron chi connectivity index (χ1n) is 9.38. The van der Waals surface area contributed by atoms with E-state index in [1.54, 1.807) is 0 Å². The summed E-state index contributed by atoms with van der Waals surface area (Å²) >= 11 is 0. The largest absolute Gasteiger partial charge is 0.478 e. The zero-order chi connectivity index (χ0) is 31.5. The molecule has 0 atom stereocenters. The lowest BCUT2D eigenvalue weighted by Crippen LogP contribution is -2.27. The van der Waals surface area contributed by atoms with E-state index in [1.807, 2.05) is 0 Å². The lowest BCUT2D eigenvalue weighted by Gasteiger charge is -2.26. The van der Waals surface area contributed by atoms with Gasteiger partial charge < -0.3 is 20.4 Å². The zero-order valence-corrected chi connectivity index (χ0v) is 18.1. The summed E-state index contributed by atoms with van der Waals surface area (Å²) in [5, 5.41) is 36.4. The predicted molar refractivity (Wildman–Crippen MR) is 99.7 cm³/mol. The summed E-state index contributed by atoms with van der Waals surface area (Å²) in [4.78, 5) is 45.8. The van der Waals surface area contributed by atoms with E-state index >= 15 is 0 Å².